The molecule has 2 atom stereocenters. The van der Waals surface area contributed by atoms with Crippen molar-refractivity contribution in [2.24, 2.45) is 0 Å². The minimum absolute atomic E-state index is 0.150. The number of anilines is 1. The van der Waals surface area contributed by atoms with E-state index in [2.05, 4.69) is 5.32 Å². The highest BCUT2D eigenvalue weighted by Gasteiger charge is 2.32. The third kappa shape index (κ3) is 4.55. The number of amides is 1. The quantitative estimate of drug-likeness (QED) is 0.873. The molecule has 2 aromatic rings. The minimum Gasteiger partial charge on any atom is -0.373 e. The van der Waals surface area contributed by atoms with Crippen molar-refractivity contribution in [3.63, 3.8) is 0 Å². The van der Waals surface area contributed by atoms with Gasteiger partial charge >= 0.3 is 0 Å². The summed E-state index contributed by atoms with van der Waals surface area (Å²) < 4.78 is 32.8. The van der Waals surface area contributed by atoms with Gasteiger partial charge in [0.15, 0.2) is 0 Å². The molecule has 0 aliphatic carbocycles. The van der Waals surface area contributed by atoms with Gasteiger partial charge in [0.25, 0.3) is 5.91 Å². The monoisotopic (exact) mass is 388 g/mol. The second-order valence-electron chi connectivity index (χ2n) is 6.93. The predicted molar refractivity (Wildman–Crippen MR) is 104 cm³/mol. The lowest BCUT2D eigenvalue weighted by Crippen LogP contribution is -2.48. The number of nitrogens with one attached hydrogen (secondary N) is 1. The molecule has 1 saturated heterocycles. The third-order valence-corrected chi connectivity index (χ3v) is 6.26. The van der Waals surface area contributed by atoms with Gasteiger partial charge < -0.3 is 10.1 Å². The standard InChI is InChI=1S/C20H24N2O4S/c1-14-5-4-6-18(11-14)21-20(23)17-7-9-19(10-8-17)27(24,25)22-12-15(2)26-16(3)13-22/h4-11,15-16H,12-13H2,1-3H3,(H,21,23)/t15-,16+. The Labute approximate surface area is 160 Å². The molecule has 0 spiro atoms. The molecular formula is C20H24N2O4S. The first-order chi connectivity index (χ1) is 12.8. The summed E-state index contributed by atoms with van der Waals surface area (Å²) in [6.45, 7) is 6.31. The zero-order valence-corrected chi connectivity index (χ0v) is 16.5. The Kier molecular flexibility index (Phi) is 5.64. The van der Waals surface area contributed by atoms with Crippen molar-refractivity contribution in [3.8, 4) is 0 Å². The molecule has 27 heavy (non-hydrogen) atoms. The number of morpholine rings is 1. The first-order valence-corrected chi connectivity index (χ1v) is 10.3. The van der Waals surface area contributed by atoms with Crippen LogP contribution in [0.3, 0.4) is 0 Å². The summed E-state index contributed by atoms with van der Waals surface area (Å²) in [6.07, 6.45) is -0.300. The highest BCUT2D eigenvalue weighted by Crippen LogP contribution is 2.22. The zero-order chi connectivity index (χ0) is 19.6. The molecule has 2 aromatic carbocycles. The van der Waals surface area contributed by atoms with Gasteiger partial charge in [-0.3, -0.25) is 4.79 Å². The van der Waals surface area contributed by atoms with Crippen molar-refractivity contribution < 1.29 is 17.9 Å². The molecule has 0 aromatic heterocycles. The van der Waals surface area contributed by atoms with Gasteiger partial charge in [0.2, 0.25) is 10.0 Å². The number of aryl methyl sites for hydroxylation is 1. The maximum Gasteiger partial charge on any atom is 0.255 e. The molecule has 6 nitrogen and oxygen atoms in total. The van der Waals surface area contributed by atoms with E-state index >= 15 is 0 Å². The molecule has 1 heterocycles. The van der Waals surface area contributed by atoms with Crippen molar-refractivity contribution >= 4 is 21.6 Å². The van der Waals surface area contributed by atoms with Gasteiger partial charge in [0, 0.05) is 24.3 Å². The van der Waals surface area contributed by atoms with Crippen LogP contribution in [0.4, 0.5) is 5.69 Å². The molecule has 1 aliphatic heterocycles. The van der Waals surface area contributed by atoms with Gasteiger partial charge in [0.05, 0.1) is 17.1 Å². The smallest absolute Gasteiger partial charge is 0.255 e. The average molecular weight is 388 g/mol. The molecule has 0 radical (unpaired) electrons. The maximum atomic E-state index is 12.9. The second-order valence-corrected chi connectivity index (χ2v) is 8.87. The van der Waals surface area contributed by atoms with Crippen molar-refractivity contribution in [3.05, 3.63) is 59.7 Å². The molecule has 0 saturated carbocycles. The molecule has 7 heteroatoms. The largest absolute Gasteiger partial charge is 0.373 e. The van der Waals surface area contributed by atoms with Gasteiger partial charge in [-0.1, -0.05) is 12.1 Å². The molecular weight excluding hydrogens is 364 g/mol. The van der Waals surface area contributed by atoms with Crippen LogP contribution in [-0.2, 0) is 14.8 Å². The summed E-state index contributed by atoms with van der Waals surface area (Å²) in [5.41, 5.74) is 2.15. The fourth-order valence-electron chi connectivity index (χ4n) is 3.18. The van der Waals surface area contributed by atoms with Crippen molar-refractivity contribution in [2.75, 3.05) is 18.4 Å². The molecule has 1 aliphatic rings. The number of sulfonamides is 1. The van der Waals surface area contributed by atoms with Gasteiger partial charge in [-0.2, -0.15) is 4.31 Å². The number of carbonyl (C=O) groups excluding carboxylic acids is 1. The van der Waals surface area contributed by atoms with E-state index < -0.39 is 10.0 Å². The Balaban J connectivity index is 1.75. The lowest BCUT2D eigenvalue weighted by Gasteiger charge is -2.34. The topological polar surface area (TPSA) is 75.7 Å². The van der Waals surface area contributed by atoms with Crippen LogP contribution < -0.4 is 5.32 Å². The molecule has 0 unspecified atom stereocenters. The van der Waals surface area contributed by atoms with E-state index in [9.17, 15) is 13.2 Å². The number of carbonyl (C=O) groups is 1. The summed E-state index contributed by atoms with van der Waals surface area (Å²) in [4.78, 5) is 12.6. The van der Waals surface area contributed by atoms with Crippen LogP contribution in [0.1, 0.15) is 29.8 Å². The molecule has 1 N–H and O–H groups in total. The lowest BCUT2D eigenvalue weighted by molar-refractivity contribution is -0.0440. The van der Waals surface area contributed by atoms with Gasteiger partial charge in [-0.25, -0.2) is 8.42 Å². The van der Waals surface area contributed by atoms with Gasteiger partial charge in [-0.05, 0) is 62.7 Å². The van der Waals surface area contributed by atoms with E-state index in [0.717, 1.165) is 5.56 Å². The highest BCUT2D eigenvalue weighted by atomic mass is 32.2. The molecule has 3 rings (SSSR count). The van der Waals surface area contributed by atoms with Crippen LogP contribution in [0.25, 0.3) is 0 Å². The van der Waals surface area contributed by atoms with Crippen molar-refractivity contribution in [1.29, 1.82) is 0 Å². The highest BCUT2D eigenvalue weighted by molar-refractivity contribution is 7.89. The Hall–Kier alpha value is -2.22. The molecule has 1 fully saturated rings. The minimum atomic E-state index is -3.61. The summed E-state index contributed by atoms with van der Waals surface area (Å²) >= 11 is 0. The maximum absolute atomic E-state index is 12.9. The SMILES string of the molecule is Cc1cccc(NC(=O)c2ccc(S(=O)(=O)N3C[C@@H](C)O[C@@H](C)C3)cc2)c1. The van der Waals surface area contributed by atoms with Gasteiger partial charge in [0.1, 0.15) is 0 Å². The third-order valence-electron chi connectivity index (χ3n) is 4.42. The number of ether oxygens (including phenoxy) is 1. The lowest BCUT2D eigenvalue weighted by atomic mass is 10.2. The Morgan fingerprint density at radius 1 is 1.07 bits per heavy atom. The van der Waals surface area contributed by atoms with Crippen LogP contribution in [0.2, 0.25) is 0 Å². The zero-order valence-electron chi connectivity index (χ0n) is 15.7. The second kappa shape index (κ2) is 7.80. The first kappa shape index (κ1) is 19.5. The number of hydrogen-bond donors (Lipinski definition) is 1. The van der Waals surface area contributed by atoms with E-state index in [1.165, 1.54) is 28.6 Å². The summed E-state index contributed by atoms with van der Waals surface area (Å²) in [7, 11) is -3.61. The summed E-state index contributed by atoms with van der Waals surface area (Å²) in [5.74, 6) is -0.279. The van der Waals surface area contributed by atoms with Crippen molar-refractivity contribution in [2.45, 2.75) is 37.9 Å². The number of hydrogen-bond acceptors (Lipinski definition) is 4. The van der Waals surface area contributed by atoms with E-state index in [0.29, 0.717) is 24.3 Å². The van der Waals surface area contributed by atoms with Crippen LogP contribution in [-0.4, -0.2) is 43.9 Å². The Morgan fingerprint density at radius 2 is 1.70 bits per heavy atom. The Bertz CT molecular complexity index is 915. The molecule has 1 amide bonds. The van der Waals surface area contributed by atoms with Gasteiger partial charge in [-0.15, -0.1) is 0 Å². The number of nitrogens with zero attached hydrogens (tertiary/aromatic N) is 1. The first-order valence-electron chi connectivity index (χ1n) is 8.89. The fraction of sp³-hybridized carbons (Fsp3) is 0.350. The van der Waals surface area contributed by atoms with Crippen LogP contribution in [0, 0.1) is 6.92 Å². The summed E-state index contributed by atoms with van der Waals surface area (Å²) in [5, 5.41) is 2.82. The van der Waals surface area contributed by atoms with Crippen LogP contribution in [0.5, 0.6) is 0 Å². The van der Waals surface area contributed by atoms with E-state index in [1.807, 2.05) is 45.0 Å². The number of rotatable bonds is 4. The predicted octanol–water partition coefficient (Wildman–Crippen LogP) is 3.05. The average Bonchev–Trinajstić information content (AvgIpc) is 2.61. The van der Waals surface area contributed by atoms with E-state index in [1.54, 1.807) is 0 Å². The van der Waals surface area contributed by atoms with E-state index in [-0.39, 0.29) is 23.0 Å². The Morgan fingerprint density at radius 3 is 2.30 bits per heavy atom. The van der Waals surface area contributed by atoms with Crippen LogP contribution in [0.15, 0.2) is 53.4 Å². The summed E-state index contributed by atoms with van der Waals surface area (Å²) in [6, 6.07) is 13.5. The number of benzene rings is 2. The van der Waals surface area contributed by atoms with Crippen molar-refractivity contribution in [1.82, 2.24) is 4.31 Å². The normalized spacial score (nSPS) is 21.0. The fourth-order valence-corrected chi connectivity index (χ4v) is 4.77. The van der Waals surface area contributed by atoms with E-state index in [4.69, 9.17) is 4.74 Å². The van der Waals surface area contributed by atoms with Crippen LogP contribution >= 0.6 is 0 Å². The molecule has 0 bridgehead atoms. The molecule has 144 valence electrons.